The van der Waals surface area contributed by atoms with Crippen LogP contribution in [0.2, 0.25) is 0 Å². The Labute approximate surface area is 69.9 Å². The summed E-state index contributed by atoms with van der Waals surface area (Å²) < 4.78 is 0.557. The number of hydrogen-bond donors (Lipinski definition) is 2. The lowest BCUT2D eigenvalue weighted by atomic mass is 10.6. The van der Waals surface area contributed by atoms with Crippen molar-refractivity contribution in [1.29, 1.82) is 5.41 Å². The van der Waals surface area contributed by atoms with Crippen LogP contribution in [-0.2, 0) is 4.79 Å². The summed E-state index contributed by atoms with van der Waals surface area (Å²) in [4.78, 5) is 8.35. The van der Waals surface area contributed by atoms with Gasteiger partial charge in [0.2, 0.25) is 6.08 Å². The van der Waals surface area contributed by atoms with Crippen molar-refractivity contribution in [3.63, 3.8) is 0 Å². The van der Waals surface area contributed by atoms with E-state index in [9.17, 15) is 0 Å². The lowest BCUT2D eigenvalue weighted by molar-refractivity contribution is 0.563. The number of thioether (sulfide) groups is 1. The Kier molecular flexibility index (Phi) is 14.1. The average Bonchev–Trinajstić information content (AvgIpc) is 1.85. The Balaban J connectivity index is 0. The predicted molar refractivity (Wildman–Crippen MR) is 47.9 cm³/mol. The average molecular weight is 178 g/mol. The minimum Gasteiger partial charge on any atom is -0.385 e. The van der Waals surface area contributed by atoms with E-state index in [1.165, 1.54) is 0 Å². The quantitative estimate of drug-likeness (QED) is 0.379. The van der Waals surface area contributed by atoms with Crippen LogP contribution in [0.15, 0.2) is 0 Å². The molecular weight excluding hydrogens is 168 g/mol. The summed E-state index contributed by atoms with van der Waals surface area (Å²) >= 11 is 6.14. The van der Waals surface area contributed by atoms with Gasteiger partial charge in [-0.05, 0) is 12.2 Å². The molecule has 0 rings (SSSR count). The third-order valence-electron chi connectivity index (χ3n) is 0.448. The minimum atomic E-state index is 0.557. The summed E-state index contributed by atoms with van der Waals surface area (Å²) in [5.74, 6) is 1.05. The first-order chi connectivity index (χ1) is 4.68. The zero-order valence-corrected chi connectivity index (χ0v) is 7.35. The highest BCUT2D eigenvalue weighted by atomic mass is 32.2. The molecule has 0 fully saturated rings. The maximum Gasteiger partial charge on any atom is 0.231 e. The predicted octanol–water partition coefficient (Wildman–Crippen LogP) is 1.27. The number of hydrogen-bond acceptors (Lipinski definition) is 4. The lowest BCUT2D eigenvalue weighted by Gasteiger charge is -1.90. The molecule has 0 aromatic heterocycles. The summed E-state index contributed by atoms with van der Waals surface area (Å²) in [6.07, 6.45) is 1.89. The Morgan fingerprint density at radius 2 is 2.30 bits per heavy atom. The molecular formula is C5H10N2OS2. The van der Waals surface area contributed by atoms with Crippen molar-refractivity contribution in [3.8, 4) is 0 Å². The van der Waals surface area contributed by atoms with Gasteiger partial charge in [0.25, 0.3) is 0 Å². The fourth-order valence-electron chi connectivity index (χ4n) is 0.203. The van der Waals surface area contributed by atoms with Gasteiger partial charge in [0, 0.05) is 0 Å². The SMILES string of the molecule is CCCSC(N)=S.N=C=O. The molecule has 3 nitrogen and oxygen atoms in total. The van der Waals surface area contributed by atoms with Gasteiger partial charge in [0.05, 0.1) is 0 Å². The van der Waals surface area contributed by atoms with Crippen LogP contribution in [0.4, 0.5) is 0 Å². The normalized spacial score (nSPS) is 6.90. The molecule has 5 heteroatoms. The van der Waals surface area contributed by atoms with Gasteiger partial charge in [-0.2, -0.15) is 0 Å². The minimum absolute atomic E-state index is 0.557. The van der Waals surface area contributed by atoms with Gasteiger partial charge in [-0.15, -0.1) is 0 Å². The van der Waals surface area contributed by atoms with E-state index >= 15 is 0 Å². The molecule has 0 radical (unpaired) electrons. The number of isocyanates is 1. The van der Waals surface area contributed by atoms with Crippen molar-refractivity contribution in [2.45, 2.75) is 13.3 Å². The van der Waals surface area contributed by atoms with E-state index in [1.54, 1.807) is 11.8 Å². The molecule has 0 aliphatic rings. The van der Waals surface area contributed by atoms with E-state index < -0.39 is 0 Å². The number of carbonyl (C=O) groups excluding carboxylic acids is 1. The molecule has 0 spiro atoms. The van der Waals surface area contributed by atoms with E-state index in [0.29, 0.717) is 4.32 Å². The number of nitrogens with two attached hydrogens (primary N) is 1. The molecule has 0 heterocycles. The summed E-state index contributed by atoms with van der Waals surface area (Å²) in [5.41, 5.74) is 5.17. The van der Waals surface area contributed by atoms with E-state index in [1.807, 2.05) is 0 Å². The summed E-state index contributed by atoms with van der Waals surface area (Å²) in [6.45, 7) is 2.10. The largest absolute Gasteiger partial charge is 0.385 e. The monoisotopic (exact) mass is 178 g/mol. The summed E-state index contributed by atoms with van der Waals surface area (Å²) in [7, 11) is 0. The Morgan fingerprint density at radius 1 is 1.90 bits per heavy atom. The zero-order chi connectivity index (χ0) is 8.41. The van der Waals surface area contributed by atoms with E-state index in [4.69, 9.17) is 15.9 Å². The lowest BCUT2D eigenvalue weighted by Crippen LogP contribution is -2.01. The molecule has 0 unspecified atom stereocenters. The first kappa shape index (κ1) is 12.3. The third kappa shape index (κ3) is 25.5. The van der Waals surface area contributed by atoms with Gasteiger partial charge < -0.3 is 5.73 Å². The van der Waals surface area contributed by atoms with E-state index in [2.05, 4.69) is 19.1 Å². The highest BCUT2D eigenvalue weighted by Gasteiger charge is 1.84. The molecule has 3 N–H and O–H groups in total. The molecule has 0 aromatic carbocycles. The molecule has 0 amide bonds. The van der Waals surface area contributed by atoms with Gasteiger partial charge in [-0.1, -0.05) is 30.9 Å². The van der Waals surface area contributed by atoms with Crippen LogP contribution >= 0.6 is 24.0 Å². The van der Waals surface area contributed by atoms with E-state index in [-0.39, 0.29) is 0 Å². The van der Waals surface area contributed by atoms with Gasteiger partial charge in [0.1, 0.15) is 4.32 Å². The van der Waals surface area contributed by atoms with Gasteiger partial charge in [-0.3, -0.25) is 0 Å². The molecule has 0 aromatic rings. The van der Waals surface area contributed by atoms with Crippen LogP contribution in [0, 0.1) is 5.41 Å². The Morgan fingerprint density at radius 3 is 2.40 bits per heavy atom. The first-order valence-corrected chi connectivity index (χ1v) is 4.04. The van der Waals surface area contributed by atoms with E-state index in [0.717, 1.165) is 18.3 Å². The second kappa shape index (κ2) is 11.4. The van der Waals surface area contributed by atoms with Crippen molar-refractivity contribution in [1.82, 2.24) is 0 Å². The topological polar surface area (TPSA) is 66.9 Å². The zero-order valence-electron chi connectivity index (χ0n) is 5.72. The number of nitrogens with one attached hydrogen (secondary N) is 1. The van der Waals surface area contributed by atoms with Crippen LogP contribution in [0.3, 0.4) is 0 Å². The van der Waals surface area contributed by atoms with Crippen LogP contribution in [0.5, 0.6) is 0 Å². The second-order valence-electron chi connectivity index (χ2n) is 1.27. The molecule has 0 saturated carbocycles. The molecule has 0 bridgehead atoms. The summed E-state index contributed by atoms with van der Waals surface area (Å²) in [5, 5.41) is 5.40. The molecule has 58 valence electrons. The molecule has 10 heavy (non-hydrogen) atoms. The van der Waals surface area contributed by atoms with Crippen molar-refractivity contribution in [3.05, 3.63) is 0 Å². The third-order valence-corrected chi connectivity index (χ3v) is 1.70. The number of rotatable bonds is 2. The van der Waals surface area contributed by atoms with Gasteiger partial charge in [0.15, 0.2) is 0 Å². The highest BCUT2D eigenvalue weighted by Crippen LogP contribution is 1.99. The maximum atomic E-state index is 8.35. The smallest absolute Gasteiger partial charge is 0.231 e. The fourth-order valence-corrected chi connectivity index (χ4v) is 0.858. The first-order valence-electron chi connectivity index (χ1n) is 2.65. The Bertz CT molecular complexity index is 121. The molecule has 0 aliphatic heterocycles. The summed E-state index contributed by atoms with van der Waals surface area (Å²) in [6, 6.07) is 0. The van der Waals surface area contributed by atoms with Crippen LogP contribution < -0.4 is 5.73 Å². The Hall–Kier alpha value is -0.380. The van der Waals surface area contributed by atoms with Gasteiger partial charge >= 0.3 is 0 Å². The van der Waals surface area contributed by atoms with Crippen molar-refractivity contribution >= 4 is 34.4 Å². The van der Waals surface area contributed by atoms with Gasteiger partial charge in [-0.25, -0.2) is 10.2 Å². The van der Waals surface area contributed by atoms with Crippen molar-refractivity contribution < 1.29 is 4.79 Å². The van der Waals surface area contributed by atoms with Crippen LogP contribution in [-0.4, -0.2) is 16.2 Å². The highest BCUT2D eigenvalue weighted by molar-refractivity contribution is 8.22. The molecule has 0 saturated heterocycles. The van der Waals surface area contributed by atoms with Crippen LogP contribution in [0.25, 0.3) is 0 Å². The molecule has 0 aliphatic carbocycles. The number of thiocarbonyl (C=S) groups is 1. The van der Waals surface area contributed by atoms with Crippen molar-refractivity contribution in [2.75, 3.05) is 5.75 Å². The maximum absolute atomic E-state index is 8.35. The standard InChI is InChI=1S/C4H9NS2.CHNO/c1-2-3-7-4(5)6;2-1-3/h2-3H2,1H3,(H2,5,6);2H. The molecule has 0 atom stereocenters. The second-order valence-corrected chi connectivity index (χ2v) is 3.10. The van der Waals surface area contributed by atoms with Crippen molar-refractivity contribution in [2.24, 2.45) is 5.73 Å². The fraction of sp³-hybridized carbons (Fsp3) is 0.600. The van der Waals surface area contributed by atoms with Crippen LogP contribution in [0.1, 0.15) is 13.3 Å².